The number of carbonyl (C=O) groups excluding carboxylic acids is 1. The number of carbonyl (C=O) groups is 1. The fourth-order valence-corrected chi connectivity index (χ4v) is 6.20. The van der Waals surface area contributed by atoms with Gasteiger partial charge in [-0.3, -0.25) is 9.69 Å². The standard InChI is InChI=1S/C23H38N4O3S/c1-18-15-20(3)22(16-19(18)2)31(29,30)27(14-13-25-10-6-5-7-21(25)4)17-23(28)26-11-8-24-9-12-26/h15-16,21,24H,5-14,17H2,1-4H3. The van der Waals surface area contributed by atoms with Crippen LogP contribution < -0.4 is 5.32 Å². The Labute approximate surface area is 187 Å². The predicted molar refractivity (Wildman–Crippen MR) is 124 cm³/mol. The first-order valence-electron chi connectivity index (χ1n) is 11.5. The lowest BCUT2D eigenvalue weighted by Crippen LogP contribution is -2.51. The largest absolute Gasteiger partial charge is 0.339 e. The van der Waals surface area contributed by atoms with E-state index in [-0.39, 0.29) is 12.5 Å². The number of sulfonamides is 1. The van der Waals surface area contributed by atoms with Gasteiger partial charge in [0.2, 0.25) is 15.9 Å². The molecule has 1 aromatic rings. The molecule has 0 bridgehead atoms. The number of likely N-dealkylation sites (tertiary alicyclic amines) is 1. The van der Waals surface area contributed by atoms with Gasteiger partial charge in [0.1, 0.15) is 0 Å². The van der Waals surface area contributed by atoms with Gasteiger partial charge in [0.15, 0.2) is 0 Å². The third kappa shape index (κ3) is 5.86. The lowest BCUT2D eigenvalue weighted by atomic mass is 10.0. The Morgan fingerprint density at radius 2 is 1.74 bits per heavy atom. The number of amides is 1. The molecule has 1 unspecified atom stereocenters. The quantitative estimate of drug-likeness (QED) is 0.687. The van der Waals surface area contributed by atoms with Crippen molar-refractivity contribution >= 4 is 15.9 Å². The Morgan fingerprint density at radius 3 is 2.42 bits per heavy atom. The van der Waals surface area contributed by atoms with E-state index in [1.165, 1.54) is 10.7 Å². The van der Waals surface area contributed by atoms with Crippen molar-refractivity contribution in [2.75, 3.05) is 52.4 Å². The molecule has 0 saturated carbocycles. The number of aryl methyl sites for hydroxylation is 3. The van der Waals surface area contributed by atoms with Gasteiger partial charge < -0.3 is 10.2 Å². The highest BCUT2D eigenvalue weighted by molar-refractivity contribution is 7.89. The van der Waals surface area contributed by atoms with E-state index in [4.69, 9.17) is 0 Å². The molecule has 174 valence electrons. The van der Waals surface area contributed by atoms with E-state index >= 15 is 0 Å². The van der Waals surface area contributed by atoms with Crippen LogP contribution in [0.5, 0.6) is 0 Å². The zero-order valence-electron chi connectivity index (χ0n) is 19.5. The average molecular weight is 451 g/mol. The summed E-state index contributed by atoms with van der Waals surface area (Å²) >= 11 is 0. The van der Waals surface area contributed by atoms with Crippen LogP contribution in [0.15, 0.2) is 17.0 Å². The highest BCUT2D eigenvalue weighted by atomic mass is 32.2. The SMILES string of the molecule is Cc1cc(C)c(S(=O)(=O)N(CCN2CCCCC2C)CC(=O)N2CCNCC2)cc1C. The zero-order valence-corrected chi connectivity index (χ0v) is 20.3. The topological polar surface area (TPSA) is 73.0 Å². The summed E-state index contributed by atoms with van der Waals surface area (Å²) in [6.45, 7) is 12.6. The van der Waals surface area contributed by atoms with E-state index in [1.807, 2.05) is 26.8 Å². The smallest absolute Gasteiger partial charge is 0.243 e. The molecule has 0 radical (unpaired) electrons. The van der Waals surface area contributed by atoms with Crippen LogP contribution in [0.4, 0.5) is 0 Å². The Balaban J connectivity index is 1.84. The molecule has 1 amide bonds. The second-order valence-electron chi connectivity index (χ2n) is 9.05. The van der Waals surface area contributed by atoms with E-state index in [9.17, 15) is 13.2 Å². The summed E-state index contributed by atoms with van der Waals surface area (Å²) in [7, 11) is -3.78. The number of hydrogen-bond acceptors (Lipinski definition) is 5. The molecule has 1 N–H and O–H groups in total. The number of piperazine rings is 1. The van der Waals surface area contributed by atoms with Gasteiger partial charge in [-0.2, -0.15) is 4.31 Å². The first kappa shape index (κ1) is 24.2. The highest BCUT2D eigenvalue weighted by Gasteiger charge is 2.31. The van der Waals surface area contributed by atoms with Crippen molar-refractivity contribution in [3.05, 3.63) is 28.8 Å². The van der Waals surface area contributed by atoms with Gasteiger partial charge in [-0.15, -0.1) is 0 Å². The van der Waals surface area contributed by atoms with Crippen LogP contribution in [0.25, 0.3) is 0 Å². The molecule has 0 aliphatic carbocycles. The maximum absolute atomic E-state index is 13.7. The van der Waals surface area contributed by atoms with E-state index in [2.05, 4.69) is 17.1 Å². The third-order valence-corrected chi connectivity index (χ3v) is 8.75. The number of piperidine rings is 1. The van der Waals surface area contributed by atoms with Crippen LogP contribution in [0.2, 0.25) is 0 Å². The second kappa shape index (κ2) is 10.4. The van der Waals surface area contributed by atoms with Gasteiger partial charge in [-0.25, -0.2) is 8.42 Å². The normalized spacial score (nSPS) is 20.9. The first-order chi connectivity index (χ1) is 14.7. The Kier molecular flexibility index (Phi) is 8.13. The van der Waals surface area contributed by atoms with Crippen LogP contribution in [0, 0.1) is 20.8 Å². The summed E-state index contributed by atoms with van der Waals surface area (Å²) in [6.07, 6.45) is 3.51. The molecule has 2 fully saturated rings. The summed E-state index contributed by atoms with van der Waals surface area (Å²) in [4.78, 5) is 17.4. The van der Waals surface area contributed by atoms with Crippen molar-refractivity contribution in [2.45, 2.75) is 57.9 Å². The van der Waals surface area contributed by atoms with Crippen molar-refractivity contribution in [1.29, 1.82) is 0 Å². The van der Waals surface area contributed by atoms with Gasteiger partial charge in [-0.1, -0.05) is 12.5 Å². The number of nitrogens with one attached hydrogen (secondary N) is 1. The lowest BCUT2D eigenvalue weighted by molar-refractivity contribution is -0.132. The monoisotopic (exact) mass is 450 g/mol. The fraction of sp³-hybridized carbons (Fsp3) is 0.696. The Hall–Kier alpha value is -1.48. The summed E-state index contributed by atoms with van der Waals surface area (Å²) in [5, 5.41) is 3.24. The van der Waals surface area contributed by atoms with Gasteiger partial charge in [0.25, 0.3) is 0 Å². The van der Waals surface area contributed by atoms with Gasteiger partial charge >= 0.3 is 0 Å². The van der Waals surface area contributed by atoms with Crippen molar-refractivity contribution < 1.29 is 13.2 Å². The van der Waals surface area contributed by atoms with Crippen LogP contribution >= 0.6 is 0 Å². The van der Waals surface area contributed by atoms with Crippen molar-refractivity contribution in [1.82, 2.24) is 19.4 Å². The molecule has 7 nitrogen and oxygen atoms in total. The summed E-state index contributed by atoms with van der Waals surface area (Å²) in [5.74, 6) is -0.113. The second-order valence-corrected chi connectivity index (χ2v) is 11.0. The molecule has 2 heterocycles. The molecular weight excluding hydrogens is 412 g/mol. The highest BCUT2D eigenvalue weighted by Crippen LogP contribution is 2.24. The molecule has 0 aromatic heterocycles. The molecule has 2 saturated heterocycles. The van der Waals surface area contributed by atoms with Crippen LogP contribution in [0.1, 0.15) is 42.9 Å². The Morgan fingerprint density at radius 1 is 1.06 bits per heavy atom. The number of nitrogens with zero attached hydrogens (tertiary/aromatic N) is 3. The molecule has 3 rings (SSSR count). The van der Waals surface area contributed by atoms with E-state index in [0.717, 1.165) is 49.2 Å². The maximum atomic E-state index is 13.7. The third-order valence-electron chi connectivity index (χ3n) is 6.77. The fourth-order valence-electron chi connectivity index (χ4n) is 4.53. The van der Waals surface area contributed by atoms with Crippen LogP contribution in [0.3, 0.4) is 0 Å². The molecule has 31 heavy (non-hydrogen) atoms. The number of benzene rings is 1. The minimum Gasteiger partial charge on any atom is -0.339 e. The van der Waals surface area contributed by atoms with Crippen molar-refractivity contribution in [3.63, 3.8) is 0 Å². The minimum absolute atomic E-state index is 0.100. The molecular formula is C23H38N4O3S. The average Bonchev–Trinajstić information content (AvgIpc) is 2.75. The van der Waals surface area contributed by atoms with Crippen LogP contribution in [-0.2, 0) is 14.8 Å². The molecule has 0 spiro atoms. The van der Waals surface area contributed by atoms with E-state index in [0.29, 0.717) is 37.1 Å². The first-order valence-corrected chi connectivity index (χ1v) is 12.9. The number of hydrogen-bond donors (Lipinski definition) is 1. The van der Waals surface area contributed by atoms with Gasteiger partial charge in [-0.05, 0) is 69.8 Å². The molecule has 8 heteroatoms. The van der Waals surface area contributed by atoms with E-state index < -0.39 is 10.0 Å². The van der Waals surface area contributed by atoms with Crippen LogP contribution in [-0.4, -0.2) is 86.8 Å². The summed E-state index contributed by atoms with van der Waals surface area (Å²) in [6, 6.07) is 4.13. The predicted octanol–water partition coefficient (Wildman–Crippen LogP) is 1.91. The molecule has 1 atom stereocenters. The van der Waals surface area contributed by atoms with Gasteiger partial charge in [0.05, 0.1) is 11.4 Å². The number of rotatable bonds is 7. The van der Waals surface area contributed by atoms with Gasteiger partial charge in [0, 0.05) is 45.3 Å². The minimum atomic E-state index is -3.78. The van der Waals surface area contributed by atoms with E-state index in [1.54, 1.807) is 11.0 Å². The summed E-state index contributed by atoms with van der Waals surface area (Å²) < 4.78 is 28.8. The summed E-state index contributed by atoms with van der Waals surface area (Å²) in [5.41, 5.74) is 2.75. The van der Waals surface area contributed by atoms with Crippen molar-refractivity contribution in [3.8, 4) is 0 Å². The maximum Gasteiger partial charge on any atom is 0.243 e. The molecule has 1 aromatic carbocycles. The van der Waals surface area contributed by atoms with Crippen molar-refractivity contribution in [2.24, 2.45) is 0 Å². The zero-order chi connectivity index (χ0) is 22.6. The molecule has 2 aliphatic heterocycles. The Bertz CT molecular complexity index is 881. The molecule has 2 aliphatic rings. The lowest BCUT2D eigenvalue weighted by Gasteiger charge is -2.35.